The monoisotopic (exact) mass is 406 g/mol. The predicted octanol–water partition coefficient (Wildman–Crippen LogP) is 3.92. The highest BCUT2D eigenvalue weighted by Gasteiger charge is 2.73. The first-order valence-corrected chi connectivity index (χ1v) is 7.40. The highest BCUT2D eigenvalue weighted by Crippen LogP contribution is 2.52. The molecule has 1 aliphatic rings. The molecule has 0 fully saturated rings. The maximum Gasteiger partial charge on any atom is 0.441 e. The number of nitro benzene ring substituents is 1. The number of benzene rings is 1. The Morgan fingerprint density at radius 3 is 2.21 bits per heavy atom. The van der Waals surface area contributed by atoms with Gasteiger partial charge < -0.3 is 9.94 Å². The summed E-state index contributed by atoms with van der Waals surface area (Å²) in [6.45, 7) is 0. The van der Waals surface area contributed by atoms with Crippen LogP contribution in [0.5, 0.6) is 5.75 Å². The summed E-state index contributed by atoms with van der Waals surface area (Å²) in [6, 6.07) is 5.50. The molecule has 1 aromatic carbocycles. The molecule has 148 valence electrons. The van der Waals surface area contributed by atoms with Gasteiger partial charge >= 0.3 is 18.0 Å². The van der Waals surface area contributed by atoms with Crippen LogP contribution in [0.2, 0.25) is 0 Å². The molecule has 0 amide bonds. The highest BCUT2D eigenvalue weighted by atomic mass is 19.4. The molecule has 12 heteroatoms. The molecule has 2 heterocycles. The zero-order chi connectivity index (χ0) is 20.9. The van der Waals surface area contributed by atoms with Crippen LogP contribution in [0, 0.1) is 15.3 Å². The summed E-state index contributed by atoms with van der Waals surface area (Å²) in [7, 11) is 0. The third kappa shape index (κ3) is 2.90. The molecule has 6 nitrogen and oxygen atoms in total. The van der Waals surface area contributed by atoms with Crippen LogP contribution in [0.4, 0.5) is 32.0 Å². The molecular formula is C16H8F6N2O4. The zero-order valence-electron chi connectivity index (χ0n) is 13.4. The minimum atomic E-state index is -5.93. The first-order valence-electron chi connectivity index (χ1n) is 7.40. The lowest BCUT2D eigenvalue weighted by atomic mass is 9.89. The van der Waals surface area contributed by atoms with E-state index in [1.807, 2.05) is 0 Å². The van der Waals surface area contributed by atoms with Gasteiger partial charge in [-0.25, -0.2) is 0 Å². The fourth-order valence-electron chi connectivity index (χ4n) is 2.70. The highest BCUT2D eigenvalue weighted by molar-refractivity contribution is 5.83. The van der Waals surface area contributed by atoms with E-state index < -0.39 is 51.1 Å². The second-order valence-corrected chi connectivity index (χ2v) is 5.74. The lowest BCUT2D eigenvalue weighted by Crippen LogP contribution is -2.60. The van der Waals surface area contributed by atoms with Crippen molar-refractivity contribution >= 4 is 11.3 Å². The molecule has 0 spiro atoms. The average Bonchev–Trinajstić information content (AvgIpc) is 2.58. The van der Waals surface area contributed by atoms with Crippen molar-refractivity contribution in [3.05, 3.63) is 75.3 Å². The van der Waals surface area contributed by atoms with E-state index >= 15 is 0 Å². The van der Waals surface area contributed by atoms with Gasteiger partial charge in [0.1, 0.15) is 5.75 Å². The van der Waals surface area contributed by atoms with Crippen LogP contribution in [0.15, 0.2) is 48.7 Å². The maximum absolute atomic E-state index is 13.5. The molecule has 0 saturated heterocycles. The van der Waals surface area contributed by atoms with Gasteiger partial charge in [0.15, 0.2) is 6.20 Å². The molecular weight excluding hydrogens is 398 g/mol. The Hall–Kier alpha value is -3.31. The molecule has 1 aliphatic heterocycles. The van der Waals surface area contributed by atoms with Crippen molar-refractivity contribution in [3.63, 3.8) is 0 Å². The summed E-state index contributed by atoms with van der Waals surface area (Å²) < 4.78 is 85.4. The standard InChI is InChI=1S/C16H8F6N2O4/c17-15(18,19)14(16(20,21)22)8-11(12-3-1-2-6-23(12)25)10-7-9(24(26)27)4-5-13(10)28-14/h1-8H. The number of rotatable bonds is 2. The van der Waals surface area contributed by atoms with E-state index in [1.54, 1.807) is 0 Å². The quantitative estimate of drug-likeness (QED) is 0.249. The second kappa shape index (κ2) is 6.11. The number of nitrogens with zero attached hydrogens (tertiary/aromatic N) is 2. The van der Waals surface area contributed by atoms with E-state index in [0.29, 0.717) is 12.1 Å². The normalized spacial score (nSPS) is 16.0. The van der Waals surface area contributed by atoms with Gasteiger partial charge in [-0.15, -0.1) is 0 Å². The Morgan fingerprint density at radius 2 is 1.68 bits per heavy atom. The lowest BCUT2D eigenvalue weighted by Gasteiger charge is -2.38. The number of alkyl halides is 6. The van der Waals surface area contributed by atoms with E-state index in [9.17, 15) is 41.7 Å². The summed E-state index contributed by atoms with van der Waals surface area (Å²) in [4.78, 5) is 10.1. The third-order valence-electron chi connectivity index (χ3n) is 4.02. The van der Waals surface area contributed by atoms with Crippen LogP contribution >= 0.6 is 0 Å². The molecule has 0 radical (unpaired) electrons. The number of halogens is 6. The van der Waals surface area contributed by atoms with Gasteiger partial charge in [0.25, 0.3) is 5.69 Å². The summed E-state index contributed by atoms with van der Waals surface area (Å²) in [5.74, 6) is -0.901. The molecule has 0 bridgehead atoms. The van der Waals surface area contributed by atoms with Crippen LogP contribution in [-0.4, -0.2) is 22.9 Å². The van der Waals surface area contributed by atoms with Crippen molar-refractivity contribution in [2.75, 3.05) is 0 Å². The first kappa shape index (κ1) is 19.5. The minimum absolute atomic E-state index is 0.0529. The molecule has 0 unspecified atom stereocenters. The van der Waals surface area contributed by atoms with E-state index in [-0.39, 0.29) is 10.8 Å². The number of nitro groups is 1. The Morgan fingerprint density at radius 1 is 1.04 bits per heavy atom. The van der Waals surface area contributed by atoms with E-state index in [4.69, 9.17) is 0 Å². The van der Waals surface area contributed by atoms with Crippen molar-refractivity contribution in [2.24, 2.45) is 0 Å². The molecule has 28 heavy (non-hydrogen) atoms. The van der Waals surface area contributed by atoms with Crippen molar-refractivity contribution in [1.82, 2.24) is 0 Å². The number of ether oxygens (including phenoxy) is 1. The third-order valence-corrected chi connectivity index (χ3v) is 4.02. The second-order valence-electron chi connectivity index (χ2n) is 5.74. The summed E-state index contributed by atoms with van der Waals surface area (Å²) in [5, 5.41) is 23.0. The maximum atomic E-state index is 13.5. The van der Waals surface area contributed by atoms with Crippen molar-refractivity contribution in [1.29, 1.82) is 0 Å². The van der Waals surface area contributed by atoms with Gasteiger partial charge in [-0.2, -0.15) is 31.1 Å². The molecule has 0 saturated carbocycles. The zero-order valence-corrected chi connectivity index (χ0v) is 13.4. The van der Waals surface area contributed by atoms with Crippen LogP contribution < -0.4 is 9.47 Å². The van der Waals surface area contributed by atoms with Gasteiger partial charge in [-0.1, -0.05) is 0 Å². The fourth-order valence-corrected chi connectivity index (χ4v) is 2.70. The minimum Gasteiger partial charge on any atom is -0.618 e. The number of aromatic nitrogens is 1. The van der Waals surface area contributed by atoms with E-state index in [2.05, 4.69) is 4.74 Å². The van der Waals surface area contributed by atoms with Gasteiger partial charge in [0.05, 0.1) is 10.5 Å². The summed E-state index contributed by atoms with van der Waals surface area (Å²) in [5.41, 5.74) is -7.15. The predicted molar refractivity (Wildman–Crippen MR) is 81.0 cm³/mol. The van der Waals surface area contributed by atoms with Gasteiger partial charge in [-0.05, 0) is 18.2 Å². The number of non-ortho nitro benzene ring substituents is 1. The van der Waals surface area contributed by atoms with E-state index in [0.717, 1.165) is 18.3 Å². The number of hydrogen-bond donors (Lipinski definition) is 0. The average molecular weight is 406 g/mol. The number of fused-ring (bicyclic) bond motifs is 1. The lowest BCUT2D eigenvalue weighted by molar-refractivity contribution is -0.608. The Labute approximate surface area is 152 Å². The van der Waals surface area contributed by atoms with Gasteiger partial charge in [0, 0.05) is 29.8 Å². The molecule has 0 N–H and O–H groups in total. The molecule has 0 aliphatic carbocycles. The SMILES string of the molecule is O=[N+]([O-])c1ccc2c(c1)C(c1cccc[n+]1[O-])=CC(C(F)(F)F)(C(F)(F)F)O2. The van der Waals surface area contributed by atoms with Crippen molar-refractivity contribution in [2.45, 2.75) is 18.0 Å². The fraction of sp³-hybridized carbons (Fsp3) is 0.188. The summed E-state index contributed by atoms with van der Waals surface area (Å²) >= 11 is 0. The van der Waals surface area contributed by atoms with E-state index in [1.165, 1.54) is 12.1 Å². The number of hydrogen-bond acceptors (Lipinski definition) is 4. The van der Waals surface area contributed by atoms with Gasteiger partial charge in [0.2, 0.25) is 5.69 Å². The Kier molecular flexibility index (Phi) is 4.24. The largest absolute Gasteiger partial charge is 0.618 e. The molecule has 2 aromatic rings. The van der Waals surface area contributed by atoms with Gasteiger partial charge in [-0.3, -0.25) is 10.1 Å². The van der Waals surface area contributed by atoms with Crippen LogP contribution in [0.3, 0.4) is 0 Å². The molecule has 1 aromatic heterocycles. The molecule has 0 atom stereocenters. The van der Waals surface area contributed by atoms with Crippen LogP contribution in [0.1, 0.15) is 11.3 Å². The number of pyridine rings is 1. The van der Waals surface area contributed by atoms with Crippen molar-refractivity contribution in [3.8, 4) is 5.75 Å². The Bertz CT molecular complexity index is 970. The summed E-state index contributed by atoms with van der Waals surface area (Å²) in [6.07, 6.45) is -11.3. The molecule has 3 rings (SSSR count). The Balaban J connectivity index is 2.39. The first-order chi connectivity index (χ1) is 12.9. The van der Waals surface area contributed by atoms with Crippen molar-refractivity contribution < 1.29 is 40.7 Å². The van der Waals surface area contributed by atoms with Crippen LogP contribution in [-0.2, 0) is 0 Å². The smallest absolute Gasteiger partial charge is 0.441 e. The topological polar surface area (TPSA) is 79.3 Å². The van der Waals surface area contributed by atoms with Crippen LogP contribution in [0.25, 0.3) is 5.57 Å².